The fourth-order valence-electron chi connectivity index (χ4n) is 1.58. The first kappa shape index (κ1) is 9.05. The van der Waals surface area contributed by atoms with Crippen LogP contribution < -0.4 is 0 Å². The van der Waals surface area contributed by atoms with E-state index >= 15 is 0 Å². The molecule has 3 nitrogen and oxygen atoms in total. The van der Waals surface area contributed by atoms with Gasteiger partial charge in [-0.3, -0.25) is 0 Å². The molecule has 0 saturated carbocycles. The molecule has 0 amide bonds. The summed E-state index contributed by atoms with van der Waals surface area (Å²) in [6.07, 6.45) is 0. The van der Waals surface area contributed by atoms with Gasteiger partial charge in [0, 0.05) is 10.8 Å². The van der Waals surface area contributed by atoms with Crippen LogP contribution in [0.5, 0.6) is 5.75 Å². The zero-order valence-corrected chi connectivity index (χ0v) is 7.73. The third-order valence-corrected chi connectivity index (χ3v) is 2.26. The van der Waals surface area contributed by atoms with Crippen LogP contribution in [-0.2, 0) is 0 Å². The maximum atomic E-state index is 9.64. The van der Waals surface area contributed by atoms with Crippen LogP contribution in [0.15, 0.2) is 30.3 Å². The minimum absolute atomic E-state index is 0.0288. The van der Waals surface area contributed by atoms with Crippen molar-refractivity contribution in [3.63, 3.8) is 0 Å². The molecule has 3 heteroatoms. The molecular weight excluding hydrogens is 188 g/mol. The Balaban J connectivity index is 3.02. The molecule has 1 N–H and O–H groups in total. The van der Waals surface area contributed by atoms with E-state index in [4.69, 9.17) is 10.5 Å². The fourth-order valence-corrected chi connectivity index (χ4v) is 1.58. The summed E-state index contributed by atoms with van der Waals surface area (Å²) in [4.78, 5) is 0. The highest BCUT2D eigenvalue weighted by Gasteiger charge is 2.08. The van der Waals surface area contributed by atoms with Crippen molar-refractivity contribution in [2.75, 3.05) is 0 Å². The molecule has 0 atom stereocenters. The van der Waals surface area contributed by atoms with Crippen molar-refractivity contribution in [1.82, 2.24) is 0 Å². The first-order chi connectivity index (χ1) is 7.27. The molecule has 0 spiro atoms. The van der Waals surface area contributed by atoms with E-state index in [9.17, 15) is 5.11 Å². The van der Waals surface area contributed by atoms with Crippen molar-refractivity contribution in [2.45, 2.75) is 0 Å². The molecular formula is C12H6N2O. The lowest BCUT2D eigenvalue weighted by Crippen LogP contribution is -1.84. The number of rotatable bonds is 0. The third-order valence-electron chi connectivity index (χ3n) is 2.26. The maximum absolute atomic E-state index is 9.64. The molecule has 2 rings (SSSR count). The molecule has 0 aromatic heterocycles. The largest absolute Gasteiger partial charge is 0.507 e. The van der Waals surface area contributed by atoms with Crippen LogP contribution in [0.4, 0.5) is 0 Å². The molecule has 0 aliphatic carbocycles. The van der Waals surface area contributed by atoms with Crippen LogP contribution in [0.1, 0.15) is 11.1 Å². The Hall–Kier alpha value is -2.52. The molecule has 0 heterocycles. The summed E-state index contributed by atoms with van der Waals surface area (Å²) in [6.45, 7) is 0. The minimum atomic E-state index is 0.0288. The standard InChI is InChI=1S/C12H6N2O/c13-6-8-4-5-11(15)12-9(7-14)2-1-3-10(8)12/h1-5,15H. The van der Waals surface area contributed by atoms with E-state index in [1.165, 1.54) is 6.07 Å². The summed E-state index contributed by atoms with van der Waals surface area (Å²) >= 11 is 0. The summed E-state index contributed by atoms with van der Waals surface area (Å²) in [5.41, 5.74) is 0.835. The Morgan fingerprint density at radius 2 is 1.67 bits per heavy atom. The van der Waals surface area contributed by atoms with Crippen molar-refractivity contribution in [2.24, 2.45) is 0 Å². The van der Waals surface area contributed by atoms with Crippen molar-refractivity contribution >= 4 is 10.8 Å². The molecule has 0 bridgehead atoms. The smallest absolute Gasteiger partial charge is 0.124 e. The second kappa shape index (κ2) is 3.32. The number of phenols is 1. The zero-order chi connectivity index (χ0) is 10.8. The van der Waals surface area contributed by atoms with Crippen molar-refractivity contribution in [3.05, 3.63) is 41.5 Å². The summed E-state index contributed by atoms with van der Waals surface area (Å²) in [7, 11) is 0. The lowest BCUT2D eigenvalue weighted by molar-refractivity contribution is 0.481. The molecule has 2 aromatic carbocycles. The van der Waals surface area contributed by atoms with Gasteiger partial charge < -0.3 is 5.11 Å². The Labute approximate surface area is 86.4 Å². The van der Waals surface area contributed by atoms with Gasteiger partial charge in [-0.15, -0.1) is 0 Å². The summed E-state index contributed by atoms with van der Waals surface area (Å²) < 4.78 is 0. The normalized spacial score (nSPS) is 9.47. The van der Waals surface area contributed by atoms with Crippen LogP contribution in [-0.4, -0.2) is 5.11 Å². The summed E-state index contributed by atoms with van der Waals surface area (Å²) in [5.74, 6) is 0.0288. The summed E-state index contributed by atoms with van der Waals surface area (Å²) in [5, 5.41) is 28.4. The van der Waals surface area contributed by atoms with Gasteiger partial charge in [0.15, 0.2) is 0 Å². The van der Waals surface area contributed by atoms with Crippen LogP contribution in [0.2, 0.25) is 0 Å². The number of nitrogens with zero attached hydrogens (tertiary/aromatic N) is 2. The third kappa shape index (κ3) is 1.27. The van der Waals surface area contributed by atoms with Crippen LogP contribution in [0.3, 0.4) is 0 Å². The average Bonchev–Trinajstić information content (AvgIpc) is 2.29. The van der Waals surface area contributed by atoms with E-state index in [0.717, 1.165) is 0 Å². The van der Waals surface area contributed by atoms with Crippen molar-refractivity contribution < 1.29 is 5.11 Å². The van der Waals surface area contributed by atoms with Gasteiger partial charge in [-0.1, -0.05) is 12.1 Å². The van der Waals surface area contributed by atoms with Gasteiger partial charge in [0.25, 0.3) is 0 Å². The lowest BCUT2D eigenvalue weighted by Gasteiger charge is -2.03. The first-order valence-electron chi connectivity index (χ1n) is 4.33. The zero-order valence-electron chi connectivity index (χ0n) is 7.73. The second-order valence-corrected chi connectivity index (χ2v) is 3.08. The van der Waals surface area contributed by atoms with Crippen molar-refractivity contribution in [1.29, 1.82) is 10.5 Å². The fraction of sp³-hybridized carbons (Fsp3) is 0. The van der Waals surface area contributed by atoms with Gasteiger partial charge in [0.1, 0.15) is 5.75 Å². The average molecular weight is 194 g/mol. The molecule has 0 fully saturated rings. The molecule has 2 aromatic rings. The Morgan fingerprint density at radius 1 is 0.933 bits per heavy atom. The minimum Gasteiger partial charge on any atom is -0.507 e. The number of hydrogen-bond donors (Lipinski definition) is 1. The van der Waals surface area contributed by atoms with Crippen LogP contribution in [0, 0.1) is 22.7 Å². The molecule has 0 radical (unpaired) electrons. The molecule has 0 aliphatic heterocycles. The number of nitriles is 2. The maximum Gasteiger partial charge on any atom is 0.124 e. The number of phenolic OH excluding ortho intramolecular Hbond substituents is 1. The molecule has 15 heavy (non-hydrogen) atoms. The highest BCUT2D eigenvalue weighted by atomic mass is 16.3. The molecule has 0 unspecified atom stereocenters. The molecule has 70 valence electrons. The number of aromatic hydroxyl groups is 1. The van der Waals surface area contributed by atoms with E-state index in [-0.39, 0.29) is 5.75 Å². The first-order valence-corrected chi connectivity index (χ1v) is 4.33. The highest BCUT2D eigenvalue weighted by molar-refractivity contribution is 5.96. The number of hydrogen-bond acceptors (Lipinski definition) is 3. The van der Waals surface area contributed by atoms with E-state index in [2.05, 4.69) is 0 Å². The number of benzene rings is 2. The van der Waals surface area contributed by atoms with Gasteiger partial charge in [-0.05, 0) is 18.2 Å². The van der Waals surface area contributed by atoms with E-state index in [1.54, 1.807) is 24.3 Å². The molecule has 0 aliphatic rings. The van der Waals surface area contributed by atoms with E-state index in [0.29, 0.717) is 21.9 Å². The van der Waals surface area contributed by atoms with Crippen LogP contribution in [0.25, 0.3) is 10.8 Å². The van der Waals surface area contributed by atoms with Crippen molar-refractivity contribution in [3.8, 4) is 17.9 Å². The number of fused-ring (bicyclic) bond motifs is 1. The second-order valence-electron chi connectivity index (χ2n) is 3.08. The van der Waals surface area contributed by atoms with E-state index in [1.807, 2.05) is 12.1 Å². The van der Waals surface area contributed by atoms with Gasteiger partial charge in [-0.25, -0.2) is 0 Å². The molecule has 0 saturated heterocycles. The van der Waals surface area contributed by atoms with Gasteiger partial charge in [0.05, 0.1) is 23.3 Å². The monoisotopic (exact) mass is 194 g/mol. The Bertz CT molecular complexity index is 618. The van der Waals surface area contributed by atoms with Gasteiger partial charge >= 0.3 is 0 Å². The quantitative estimate of drug-likeness (QED) is 0.699. The topological polar surface area (TPSA) is 67.8 Å². The Kier molecular flexibility index (Phi) is 2.00. The summed E-state index contributed by atoms with van der Waals surface area (Å²) in [6, 6.07) is 12.0. The van der Waals surface area contributed by atoms with E-state index < -0.39 is 0 Å². The Morgan fingerprint density at radius 3 is 2.33 bits per heavy atom. The SMILES string of the molecule is N#Cc1ccc(O)c2c(C#N)cccc12. The van der Waals surface area contributed by atoms with Gasteiger partial charge in [-0.2, -0.15) is 10.5 Å². The lowest BCUT2D eigenvalue weighted by atomic mass is 10.0. The van der Waals surface area contributed by atoms with Crippen LogP contribution >= 0.6 is 0 Å². The predicted octanol–water partition coefficient (Wildman–Crippen LogP) is 2.29. The predicted molar refractivity (Wildman–Crippen MR) is 55.0 cm³/mol. The highest BCUT2D eigenvalue weighted by Crippen LogP contribution is 2.29. The van der Waals surface area contributed by atoms with Gasteiger partial charge in [0.2, 0.25) is 0 Å².